The number of hydrogen-bond donors (Lipinski definition) is 1. The first-order valence-electron chi connectivity index (χ1n) is 7.92. The van der Waals surface area contributed by atoms with E-state index in [-0.39, 0.29) is 6.42 Å². The van der Waals surface area contributed by atoms with Gasteiger partial charge in [-0.05, 0) is 31.4 Å². The van der Waals surface area contributed by atoms with E-state index in [1.807, 2.05) is 24.3 Å². The van der Waals surface area contributed by atoms with Crippen LogP contribution in [0, 0.1) is 0 Å². The molecule has 5 nitrogen and oxygen atoms in total. The van der Waals surface area contributed by atoms with Crippen LogP contribution in [0.5, 0.6) is 0 Å². The third-order valence-electron chi connectivity index (χ3n) is 3.93. The van der Waals surface area contributed by atoms with Crippen LogP contribution in [0.15, 0.2) is 24.3 Å². The van der Waals surface area contributed by atoms with Gasteiger partial charge in [0.25, 0.3) is 0 Å². The van der Waals surface area contributed by atoms with Crippen LogP contribution >= 0.6 is 0 Å². The van der Waals surface area contributed by atoms with Crippen molar-refractivity contribution in [1.29, 1.82) is 0 Å². The van der Waals surface area contributed by atoms with Crippen LogP contribution in [0.2, 0.25) is 0 Å². The van der Waals surface area contributed by atoms with Gasteiger partial charge >= 0.3 is 5.97 Å². The number of para-hydroxylation sites is 1. The molecule has 22 heavy (non-hydrogen) atoms. The average molecular weight is 299 g/mol. The van der Waals surface area contributed by atoms with Gasteiger partial charge in [-0.15, -0.1) is 0 Å². The maximum atomic E-state index is 10.9. The molecule has 0 aliphatic heterocycles. The van der Waals surface area contributed by atoms with E-state index in [0.717, 1.165) is 48.4 Å². The standard InChI is InChI=1S/C17H21N3O2/c1-2-10-20(11-9-15(21)22)17-13-5-3-4-6-14(13)18-16(19-17)12-7-8-12/h3-6,12H,2,7-11H2,1H3,(H,21,22). The molecule has 0 bridgehead atoms. The van der Waals surface area contributed by atoms with Crippen LogP contribution in [0.3, 0.4) is 0 Å². The molecule has 3 rings (SSSR count). The zero-order valence-corrected chi connectivity index (χ0v) is 12.8. The van der Waals surface area contributed by atoms with Gasteiger partial charge in [-0.25, -0.2) is 9.97 Å². The molecular formula is C17H21N3O2. The fourth-order valence-corrected chi connectivity index (χ4v) is 2.67. The Morgan fingerprint density at radius 2 is 2.05 bits per heavy atom. The smallest absolute Gasteiger partial charge is 0.305 e. The summed E-state index contributed by atoms with van der Waals surface area (Å²) in [4.78, 5) is 22.5. The second-order valence-electron chi connectivity index (χ2n) is 5.83. The second kappa shape index (κ2) is 6.30. The highest BCUT2D eigenvalue weighted by atomic mass is 16.4. The van der Waals surface area contributed by atoms with Gasteiger partial charge in [0, 0.05) is 24.4 Å². The van der Waals surface area contributed by atoms with Gasteiger partial charge in [-0.2, -0.15) is 0 Å². The molecule has 1 aromatic carbocycles. The number of nitrogens with zero attached hydrogens (tertiary/aromatic N) is 3. The van der Waals surface area contributed by atoms with E-state index >= 15 is 0 Å². The van der Waals surface area contributed by atoms with E-state index in [4.69, 9.17) is 10.1 Å². The Balaban J connectivity index is 2.02. The summed E-state index contributed by atoms with van der Waals surface area (Å²) in [6.07, 6.45) is 3.38. The molecule has 1 heterocycles. The molecule has 1 N–H and O–H groups in total. The van der Waals surface area contributed by atoms with Crippen LogP contribution in [-0.4, -0.2) is 34.1 Å². The molecule has 0 spiro atoms. The molecule has 0 amide bonds. The second-order valence-corrected chi connectivity index (χ2v) is 5.83. The molecule has 0 unspecified atom stereocenters. The molecule has 1 fully saturated rings. The van der Waals surface area contributed by atoms with Crippen molar-refractivity contribution >= 4 is 22.7 Å². The van der Waals surface area contributed by atoms with E-state index in [1.54, 1.807) is 0 Å². The van der Waals surface area contributed by atoms with Gasteiger partial charge < -0.3 is 10.0 Å². The Hall–Kier alpha value is -2.17. The largest absolute Gasteiger partial charge is 0.481 e. The van der Waals surface area contributed by atoms with Crippen molar-refractivity contribution in [3.05, 3.63) is 30.1 Å². The first-order valence-corrected chi connectivity index (χ1v) is 7.92. The fraction of sp³-hybridized carbons (Fsp3) is 0.471. The third kappa shape index (κ3) is 3.18. The number of aromatic nitrogens is 2. The van der Waals surface area contributed by atoms with Gasteiger partial charge in [0.15, 0.2) is 0 Å². The molecule has 0 saturated heterocycles. The van der Waals surface area contributed by atoms with E-state index in [1.165, 1.54) is 0 Å². The lowest BCUT2D eigenvalue weighted by Gasteiger charge is -2.24. The highest BCUT2D eigenvalue weighted by Crippen LogP contribution is 2.39. The lowest BCUT2D eigenvalue weighted by Crippen LogP contribution is -2.28. The SMILES string of the molecule is CCCN(CCC(=O)O)c1nc(C2CC2)nc2ccccc12. The van der Waals surface area contributed by atoms with Gasteiger partial charge in [0.1, 0.15) is 11.6 Å². The van der Waals surface area contributed by atoms with E-state index < -0.39 is 5.97 Å². The molecule has 1 aliphatic rings. The Morgan fingerprint density at radius 3 is 2.73 bits per heavy atom. The van der Waals surface area contributed by atoms with Crippen molar-refractivity contribution < 1.29 is 9.90 Å². The number of benzene rings is 1. The van der Waals surface area contributed by atoms with E-state index in [2.05, 4.69) is 16.8 Å². The predicted octanol–water partition coefficient (Wildman–Crippen LogP) is 3.20. The van der Waals surface area contributed by atoms with E-state index in [9.17, 15) is 4.79 Å². The minimum atomic E-state index is -0.776. The third-order valence-corrected chi connectivity index (χ3v) is 3.93. The average Bonchev–Trinajstić information content (AvgIpc) is 3.35. The number of rotatable bonds is 7. The molecule has 1 aromatic heterocycles. The van der Waals surface area contributed by atoms with Crippen molar-refractivity contribution in [1.82, 2.24) is 9.97 Å². The normalized spacial score (nSPS) is 14.2. The summed E-state index contributed by atoms with van der Waals surface area (Å²) in [6, 6.07) is 7.99. The molecule has 116 valence electrons. The summed E-state index contributed by atoms with van der Waals surface area (Å²) < 4.78 is 0. The minimum absolute atomic E-state index is 0.122. The molecule has 1 aliphatic carbocycles. The van der Waals surface area contributed by atoms with Crippen LogP contribution in [0.25, 0.3) is 10.9 Å². The molecule has 5 heteroatoms. The highest BCUT2D eigenvalue weighted by molar-refractivity contribution is 5.89. The highest BCUT2D eigenvalue weighted by Gasteiger charge is 2.28. The maximum Gasteiger partial charge on any atom is 0.305 e. The summed E-state index contributed by atoms with van der Waals surface area (Å²) in [7, 11) is 0. The lowest BCUT2D eigenvalue weighted by molar-refractivity contribution is -0.136. The molecule has 1 saturated carbocycles. The number of anilines is 1. The number of fused-ring (bicyclic) bond motifs is 1. The molecule has 0 atom stereocenters. The van der Waals surface area contributed by atoms with Gasteiger partial charge in [0.2, 0.25) is 0 Å². The Kier molecular flexibility index (Phi) is 4.22. The van der Waals surface area contributed by atoms with Crippen LogP contribution in [-0.2, 0) is 4.79 Å². The van der Waals surface area contributed by atoms with E-state index in [0.29, 0.717) is 12.5 Å². The number of carbonyl (C=O) groups is 1. The van der Waals surface area contributed by atoms with Gasteiger partial charge in [-0.3, -0.25) is 4.79 Å². The van der Waals surface area contributed by atoms with Crippen molar-refractivity contribution in [2.24, 2.45) is 0 Å². The molecular weight excluding hydrogens is 278 g/mol. The lowest BCUT2D eigenvalue weighted by atomic mass is 10.2. The van der Waals surface area contributed by atoms with Crippen molar-refractivity contribution in [3.63, 3.8) is 0 Å². The van der Waals surface area contributed by atoms with Crippen molar-refractivity contribution in [3.8, 4) is 0 Å². The molecule has 2 aromatic rings. The number of aliphatic carboxylic acids is 1. The van der Waals surface area contributed by atoms with Crippen LogP contribution < -0.4 is 4.90 Å². The molecule has 0 radical (unpaired) electrons. The number of hydrogen-bond acceptors (Lipinski definition) is 4. The van der Waals surface area contributed by atoms with Gasteiger partial charge in [0.05, 0.1) is 11.9 Å². The van der Waals surface area contributed by atoms with Crippen molar-refractivity contribution in [2.45, 2.75) is 38.5 Å². The summed E-state index contributed by atoms with van der Waals surface area (Å²) in [6.45, 7) is 3.38. The first-order chi connectivity index (χ1) is 10.7. The number of carboxylic acid groups (broad SMARTS) is 1. The fourth-order valence-electron chi connectivity index (χ4n) is 2.67. The monoisotopic (exact) mass is 299 g/mol. The number of carboxylic acids is 1. The Bertz CT molecular complexity index is 683. The summed E-state index contributed by atoms with van der Waals surface area (Å²) in [5, 5.41) is 9.99. The van der Waals surface area contributed by atoms with Crippen LogP contribution in [0.4, 0.5) is 5.82 Å². The predicted molar refractivity (Wildman–Crippen MR) is 86.3 cm³/mol. The quantitative estimate of drug-likeness (QED) is 0.850. The summed E-state index contributed by atoms with van der Waals surface area (Å²) >= 11 is 0. The summed E-state index contributed by atoms with van der Waals surface area (Å²) in [5.74, 6) is 1.49. The zero-order valence-electron chi connectivity index (χ0n) is 12.8. The van der Waals surface area contributed by atoms with Crippen molar-refractivity contribution in [2.75, 3.05) is 18.0 Å². The minimum Gasteiger partial charge on any atom is -0.481 e. The maximum absolute atomic E-state index is 10.9. The topological polar surface area (TPSA) is 66.3 Å². The summed E-state index contributed by atoms with van der Waals surface area (Å²) in [5.41, 5.74) is 0.950. The Morgan fingerprint density at radius 1 is 1.27 bits per heavy atom. The van der Waals surface area contributed by atoms with Gasteiger partial charge in [-0.1, -0.05) is 19.1 Å². The zero-order chi connectivity index (χ0) is 15.5. The van der Waals surface area contributed by atoms with Crippen LogP contribution in [0.1, 0.15) is 44.3 Å². The first kappa shape index (κ1) is 14.8. The Labute approximate surface area is 130 Å².